The van der Waals surface area contributed by atoms with Crippen molar-refractivity contribution in [3.63, 3.8) is 0 Å². The Bertz CT molecular complexity index is 1490. The molecule has 0 spiro atoms. The third-order valence-corrected chi connectivity index (χ3v) is 6.31. The summed E-state index contributed by atoms with van der Waals surface area (Å²) in [5.41, 5.74) is 4.90. The molecular weight excluding hydrogens is 646 g/mol. The zero-order chi connectivity index (χ0) is 31.8. The number of aryl methyl sites for hydroxylation is 4. The molecule has 0 aliphatic carbocycles. The lowest BCUT2D eigenvalue weighted by molar-refractivity contribution is 0.0519. The van der Waals surface area contributed by atoms with Crippen LogP contribution in [0.4, 0.5) is 0 Å². The van der Waals surface area contributed by atoms with Crippen molar-refractivity contribution in [2.24, 2.45) is 0 Å². The van der Waals surface area contributed by atoms with E-state index in [2.05, 4.69) is 19.9 Å². The number of hydrogen-bond donors (Lipinski definition) is 1. The predicted molar refractivity (Wildman–Crippen MR) is 168 cm³/mol. The van der Waals surface area contributed by atoms with Crippen LogP contribution in [-0.2, 0) is 11.3 Å². The van der Waals surface area contributed by atoms with Crippen LogP contribution in [-0.4, -0.2) is 43.9 Å². The largest absolute Gasteiger partial charge is 0.461 e. The van der Waals surface area contributed by atoms with E-state index < -0.39 is 5.97 Å². The lowest BCUT2D eigenvalue weighted by Gasteiger charge is -2.02. The van der Waals surface area contributed by atoms with Gasteiger partial charge in [0, 0.05) is 24.8 Å². The molecule has 4 aromatic rings. The third kappa shape index (κ3) is 13.4. The summed E-state index contributed by atoms with van der Waals surface area (Å²) in [6.45, 7) is 9.50. The second-order valence-electron chi connectivity index (χ2n) is 8.45. The number of rotatable bonds is 4. The molecule has 0 aliphatic heterocycles. The number of halogens is 5. The van der Waals surface area contributed by atoms with Gasteiger partial charge in [-0.05, 0) is 81.1 Å². The SMILES string of the molecule is CCOC(=O)c1ncc(C)cc1Cl.Cc1cnc(C=O)c(Cl)c1.Cc1cnc(CO)c(Cl)c1.Cc1cnc(Cl)c(Cl)c1. The Kier molecular flexibility index (Phi) is 17.1. The predicted octanol–water partition coefficient (Wildman–Crippen LogP) is 8.31. The Morgan fingerprint density at radius 3 is 1.64 bits per heavy atom. The van der Waals surface area contributed by atoms with Crippen LogP contribution in [0.15, 0.2) is 49.1 Å². The van der Waals surface area contributed by atoms with Crippen LogP contribution >= 0.6 is 58.0 Å². The summed E-state index contributed by atoms with van der Waals surface area (Å²) in [5, 5.41) is 10.8. The molecule has 224 valence electrons. The van der Waals surface area contributed by atoms with Crippen LogP contribution in [0.1, 0.15) is 55.8 Å². The highest BCUT2D eigenvalue weighted by atomic mass is 35.5. The van der Waals surface area contributed by atoms with Gasteiger partial charge in [-0.3, -0.25) is 14.8 Å². The first-order chi connectivity index (χ1) is 19.8. The summed E-state index contributed by atoms with van der Waals surface area (Å²) >= 11 is 28.3. The van der Waals surface area contributed by atoms with E-state index in [0.717, 1.165) is 22.3 Å². The number of hydrogen-bond acceptors (Lipinski definition) is 8. The van der Waals surface area contributed by atoms with Crippen molar-refractivity contribution in [2.75, 3.05) is 6.61 Å². The van der Waals surface area contributed by atoms with E-state index in [1.165, 1.54) is 0 Å². The molecule has 8 nitrogen and oxygen atoms in total. The molecule has 0 fully saturated rings. The highest BCUT2D eigenvalue weighted by Gasteiger charge is 2.12. The Balaban J connectivity index is 0.000000283. The Morgan fingerprint density at radius 1 is 0.738 bits per heavy atom. The molecule has 0 radical (unpaired) electrons. The summed E-state index contributed by atoms with van der Waals surface area (Å²) in [4.78, 5) is 36.8. The number of esters is 1. The van der Waals surface area contributed by atoms with E-state index in [1.54, 1.807) is 56.0 Å². The number of pyridine rings is 4. The molecule has 13 heteroatoms. The molecule has 0 aliphatic rings. The number of aliphatic hydroxyl groups excluding tert-OH is 1. The van der Waals surface area contributed by atoms with Crippen molar-refractivity contribution >= 4 is 70.3 Å². The first kappa shape index (κ1) is 37.2. The van der Waals surface area contributed by atoms with Crippen molar-refractivity contribution in [1.29, 1.82) is 0 Å². The first-order valence-electron chi connectivity index (χ1n) is 12.2. The van der Waals surface area contributed by atoms with E-state index in [0.29, 0.717) is 49.5 Å². The quantitative estimate of drug-likeness (QED) is 0.131. The van der Waals surface area contributed by atoms with E-state index in [9.17, 15) is 9.59 Å². The molecule has 0 saturated heterocycles. The summed E-state index contributed by atoms with van der Waals surface area (Å²) in [6.07, 6.45) is 7.18. The summed E-state index contributed by atoms with van der Waals surface area (Å²) in [7, 11) is 0. The molecule has 4 rings (SSSR count). The van der Waals surface area contributed by atoms with Gasteiger partial charge in [-0.2, -0.15) is 0 Å². The van der Waals surface area contributed by atoms with Crippen LogP contribution < -0.4 is 0 Å². The van der Waals surface area contributed by atoms with Crippen LogP contribution in [0.2, 0.25) is 25.2 Å². The van der Waals surface area contributed by atoms with Crippen LogP contribution in [0.3, 0.4) is 0 Å². The van der Waals surface area contributed by atoms with Crippen molar-refractivity contribution in [3.05, 3.63) is 114 Å². The maximum atomic E-state index is 11.2. The first-order valence-corrected chi connectivity index (χ1v) is 14.1. The van der Waals surface area contributed by atoms with Crippen molar-refractivity contribution in [1.82, 2.24) is 19.9 Å². The molecule has 0 atom stereocenters. The number of aliphatic hydroxyl groups is 1. The minimum Gasteiger partial charge on any atom is -0.461 e. The van der Waals surface area contributed by atoms with Crippen molar-refractivity contribution in [3.8, 4) is 0 Å². The van der Waals surface area contributed by atoms with Gasteiger partial charge in [0.15, 0.2) is 12.0 Å². The van der Waals surface area contributed by atoms with Gasteiger partial charge in [-0.25, -0.2) is 14.8 Å². The zero-order valence-corrected chi connectivity index (χ0v) is 27.2. The Hall–Kier alpha value is -2.85. The standard InChI is InChI=1S/C9H10ClNO2.C7H8ClNO.C7H6ClNO.C6H5Cl2N/c1-3-13-9(12)8-7(10)4-6(2)5-11-8;2*1-5-2-6(8)7(4-10)9-3-5;1-4-2-5(7)6(8)9-3-4/h4-5H,3H2,1-2H3;2-3,10H,4H2,1H3;2-4H,1H3;2-3H,1H3. The third-order valence-electron chi connectivity index (χ3n) is 4.70. The number of aldehydes is 1. The van der Waals surface area contributed by atoms with Gasteiger partial charge < -0.3 is 9.84 Å². The number of carbonyl (C=O) groups excluding carboxylic acids is 2. The Labute approximate surface area is 270 Å². The molecule has 0 unspecified atom stereocenters. The van der Waals surface area contributed by atoms with Crippen LogP contribution in [0, 0.1) is 27.7 Å². The van der Waals surface area contributed by atoms with E-state index in [-0.39, 0.29) is 12.3 Å². The minimum atomic E-state index is -0.479. The number of aromatic nitrogens is 4. The van der Waals surface area contributed by atoms with Crippen molar-refractivity contribution in [2.45, 2.75) is 41.2 Å². The fourth-order valence-electron chi connectivity index (χ4n) is 2.71. The van der Waals surface area contributed by atoms with Gasteiger partial charge in [-0.15, -0.1) is 0 Å². The van der Waals surface area contributed by atoms with Gasteiger partial charge in [0.2, 0.25) is 0 Å². The second-order valence-corrected chi connectivity index (χ2v) is 10.4. The topological polar surface area (TPSA) is 115 Å². The molecule has 0 aromatic carbocycles. The van der Waals surface area contributed by atoms with Gasteiger partial charge in [0.1, 0.15) is 10.8 Å². The maximum absolute atomic E-state index is 11.2. The lowest BCUT2D eigenvalue weighted by Crippen LogP contribution is -2.07. The Morgan fingerprint density at radius 2 is 1.21 bits per heavy atom. The molecule has 1 N–H and O–H groups in total. The second kappa shape index (κ2) is 19.4. The van der Waals surface area contributed by atoms with E-state index in [4.69, 9.17) is 67.8 Å². The molecule has 0 amide bonds. The van der Waals surface area contributed by atoms with Gasteiger partial charge >= 0.3 is 5.97 Å². The fraction of sp³-hybridized carbons (Fsp3) is 0.241. The van der Waals surface area contributed by atoms with Gasteiger partial charge in [0.25, 0.3) is 0 Å². The number of nitrogens with zero attached hydrogens (tertiary/aromatic N) is 4. The highest BCUT2D eigenvalue weighted by molar-refractivity contribution is 6.41. The van der Waals surface area contributed by atoms with Crippen LogP contribution in [0.25, 0.3) is 0 Å². The number of carbonyl (C=O) groups is 2. The average molecular weight is 675 g/mol. The number of ether oxygens (including phenoxy) is 1. The van der Waals surface area contributed by atoms with Crippen LogP contribution in [0.5, 0.6) is 0 Å². The average Bonchev–Trinajstić information content (AvgIpc) is 2.92. The molecule has 4 aromatic heterocycles. The maximum Gasteiger partial charge on any atom is 0.358 e. The minimum absolute atomic E-state index is 0.0981. The summed E-state index contributed by atoms with van der Waals surface area (Å²) in [6, 6.07) is 6.94. The molecule has 0 saturated carbocycles. The fourth-order valence-corrected chi connectivity index (χ4v) is 3.88. The van der Waals surface area contributed by atoms with E-state index >= 15 is 0 Å². The monoisotopic (exact) mass is 672 g/mol. The summed E-state index contributed by atoms with van der Waals surface area (Å²) < 4.78 is 4.76. The van der Waals surface area contributed by atoms with Crippen molar-refractivity contribution < 1.29 is 19.4 Å². The molecular formula is C29H29Cl5N4O4. The molecule has 4 heterocycles. The van der Waals surface area contributed by atoms with Gasteiger partial charge in [0.05, 0.1) is 39.0 Å². The van der Waals surface area contributed by atoms with Gasteiger partial charge in [-0.1, -0.05) is 58.0 Å². The van der Waals surface area contributed by atoms with E-state index in [1.807, 2.05) is 27.7 Å². The highest BCUT2D eigenvalue weighted by Crippen LogP contribution is 2.19. The summed E-state index contributed by atoms with van der Waals surface area (Å²) in [5.74, 6) is -0.479. The smallest absolute Gasteiger partial charge is 0.358 e. The normalized spacial score (nSPS) is 9.69. The molecule has 0 bridgehead atoms. The molecule has 42 heavy (non-hydrogen) atoms. The zero-order valence-electron chi connectivity index (χ0n) is 23.5. The lowest BCUT2D eigenvalue weighted by atomic mass is 10.3.